The number of nitrogens with zero attached hydrogens (tertiary/aromatic N) is 2. The highest BCUT2D eigenvalue weighted by Gasteiger charge is 2.30. The molecule has 4 rings (SSSR count). The molecule has 1 fully saturated rings. The monoisotopic (exact) mass is 476 g/mol. The van der Waals surface area contributed by atoms with Crippen LogP contribution in [0.3, 0.4) is 0 Å². The number of hydrogen-bond donors (Lipinski definition) is 0. The van der Waals surface area contributed by atoms with Gasteiger partial charge in [0.25, 0.3) is 5.91 Å². The Balaban J connectivity index is 1.43. The minimum atomic E-state index is -0.419. The van der Waals surface area contributed by atoms with Gasteiger partial charge in [0.1, 0.15) is 18.2 Å². The quantitative estimate of drug-likeness (QED) is 0.351. The fourth-order valence-electron chi connectivity index (χ4n) is 3.16. The van der Waals surface area contributed by atoms with Crippen LogP contribution in [0.2, 0.25) is 0 Å². The highest BCUT2D eigenvalue weighted by molar-refractivity contribution is 8.18. The standard InChI is InChI=1S/C26H21FN2O4S/c1-29-24(30)23(34-26(29)28-21-10-8-19(9-11-21)25(31)32-2)15-17-6-12-22(13-7-17)33-16-18-4-3-5-20(27)14-18/h3-15H,16H2,1-2H3. The topological polar surface area (TPSA) is 68.2 Å². The number of methoxy groups -OCH3 is 1. The second-order valence-corrected chi connectivity index (χ2v) is 8.40. The molecule has 1 aliphatic heterocycles. The molecule has 172 valence electrons. The van der Waals surface area contributed by atoms with Crippen molar-refractivity contribution in [2.75, 3.05) is 14.2 Å². The molecular weight excluding hydrogens is 455 g/mol. The molecule has 1 amide bonds. The van der Waals surface area contributed by atoms with E-state index >= 15 is 0 Å². The number of esters is 1. The first-order valence-electron chi connectivity index (χ1n) is 10.3. The van der Waals surface area contributed by atoms with Crippen molar-refractivity contribution in [3.63, 3.8) is 0 Å². The van der Waals surface area contributed by atoms with E-state index in [0.717, 1.165) is 11.1 Å². The third-order valence-corrected chi connectivity index (χ3v) is 6.05. The molecule has 0 spiro atoms. The highest BCUT2D eigenvalue weighted by atomic mass is 32.2. The van der Waals surface area contributed by atoms with Gasteiger partial charge in [-0.3, -0.25) is 9.69 Å². The lowest BCUT2D eigenvalue weighted by Gasteiger charge is -2.07. The number of thioether (sulfide) groups is 1. The molecule has 0 aliphatic carbocycles. The van der Waals surface area contributed by atoms with Crippen LogP contribution in [0.15, 0.2) is 82.7 Å². The first-order valence-corrected chi connectivity index (χ1v) is 11.2. The van der Waals surface area contributed by atoms with Gasteiger partial charge < -0.3 is 9.47 Å². The van der Waals surface area contributed by atoms with Crippen LogP contribution >= 0.6 is 11.8 Å². The van der Waals surface area contributed by atoms with Crippen LogP contribution in [-0.4, -0.2) is 36.1 Å². The highest BCUT2D eigenvalue weighted by Crippen LogP contribution is 2.33. The van der Waals surface area contributed by atoms with Crippen molar-refractivity contribution >= 4 is 40.6 Å². The third-order valence-electron chi connectivity index (χ3n) is 4.99. The van der Waals surface area contributed by atoms with Crippen molar-refractivity contribution in [1.29, 1.82) is 0 Å². The van der Waals surface area contributed by atoms with Crippen LogP contribution < -0.4 is 4.74 Å². The number of benzene rings is 3. The molecule has 0 bridgehead atoms. The average molecular weight is 477 g/mol. The maximum atomic E-state index is 13.3. The summed E-state index contributed by atoms with van der Waals surface area (Å²) in [7, 11) is 2.99. The fraction of sp³-hybridized carbons (Fsp3) is 0.115. The van der Waals surface area contributed by atoms with Gasteiger partial charge in [0.15, 0.2) is 5.17 Å². The Morgan fingerprint density at radius 1 is 1.09 bits per heavy atom. The maximum absolute atomic E-state index is 13.3. The maximum Gasteiger partial charge on any atom is 0.337 e. The van der Waals surface area contributed by atoms with Crippen LogP contribution in [0.25, 0.3) is 6.08 Å². The number of amides is 1. The van der Waals surface area contributed by atoms with Crippen molar-refractivity contribution in [3.8, 4) is 5.75 Å². The van der Waals surface area contributed by atoms with Crippen molar-refractivity contribution in [1.82, 2.24) is 4.90 Å². The lowest BCUT2D eigenvalue weighted by atomic mass is 10.2. The van der Waals surface area contributed by atoms with Gasteiger partial charge in [0.05, 0.1) is 23.3 Å². The molecule has 1 saturated heterocycles. The van der Waals surface area contributed by atoms with E-state index in [1.165, 1.54) is 35.9 Å². The molecule has 0 unspecified atom stereocenters. The van der Waals surface area contributed by atoms with Crippen LogP contribution in [0.5, 0.6) is 5.75 Å². The van der Waals surface area contributed by atoms with E-state index in [2.05, 4.69) is 4.99 Å². The van der Waals surface area contributed by atoms with Crippen LogP contribution in [0, 0.1) is 5.82 Å². The second-order valence-electron chi connectivity index (χ2n) is 7.40. The number of rotatable bonds is 6. The molecule has 1 aliphatic rings. The van der Waals surface area contributed by atoms with Crippen LogP contribution in [0.4, 0.5) is 10.1 Å². The fourth-order valence-corrected chi connectivity index (χ4v) is 4.14. The summed E-state index contributed by atoms with van der Waals surface area (Å²) >= 11 is 1.27. The Morgan fingerprint density at radius 3 is 2.50 bits per heavy atom. The molecule has 3 aromatic rings. The van der Waals surface area contributed by atoms with Crippen LogP contribution in [-0.2, 0) is 16.1 Å². The molecule has 0 saturated carbocycles. The van der Waals surface area contributed by atoms with Gasteiger partial charge in [0.2, 0.25) is 0 Å². The number of ether oxygens (including phenoxy) is 2. The number of likely N-dealkylation sites (N-methyl/N-ethyl adjacent to an activating group) is 1. The normalized spacial score (nSPS) is 15.7. The Labute approximate surface area is 200 Å². The number of hydrogen-bond acceptors (Lipinski definition) is 6. The number of carbonyl (C=O) groups is 2. The van der Waals surface area contributed by atoms with E-state index in [0.29, 0.717) is 27.1 Å². The molecule has 6 nitrogen and oxygen atoms in total. The lowest BCUT2D eigenvalue weighted by molar-refractivity contribution is -0.121. The van der Waals surface area contributed by atoms with Gasteiger partial charge in [-0.1, -0.05) is 24.3 Å². The number of carbonyl (C=O) groups excluding carboxylic acids is 2. The predicted octanol–water partition coefficient (Wildman–Crippen LogP) is 5.43. The summed E-state index contributed by atoms with van der Waals surface area (Å²) in [6.07, 6.45) is 1.79. The van der Waals surface area contributed by atoms with Gasteiger partial charge in [-0.25, -0.2) is 14.2 Å². The Hall–Kier alpha value is -3.91. The minimum Gasteiger partial charge on any atom is -0.489 e. The Kier molecular flexibility index (Phi) is 7.08. The average Bonchev–Trinajstić information content (AvgIpc) is 3.11. The second kappa shape index (κ2) is 10.4. The van der Waals surface area contributed by atoms with E-state index in [4.69, 9.17) is 9.47 Å². The van der Waals surface area contributed by atoms with Crippen LogP contribution in [0.1, 0.15) is 21.5 Å². The molecule has 0 atom stereocenters. The molecule has 0 radical (unpaired) electrons. The summed E-state index contributed by atoms with van der Waals surface area (Å²) in [5.74, 6) is -0.224. The number of halogens is 1. The van der Waals surface area contributed by atoms with Gasteiger partial charge in [0, 0.05) is 7.05 Å². The van der Waals surface area contributed by atoms with Crippen molar-refractivity contribution in [2.45, 2.75) is 6.61 Å². The van der Waals surface area contributed by atoms with Gasteiger partial charge in [-0.05, 0) is 77.5 Å². The minimum absolute atomic E-state index is 0.152. The Bertz CT molecular complexity index is 1270. The summed E-state index contributed by atoms with van der Waals surface area (Å²) in [5, 5.41) is 0.539. The van der Waals surface area contributed by atoms with E-state index in [-0.39, 0.29) is 18.3 Å². The zero-order chi connectivity index (χ0) is 24.1. The van der Waals surface area contributed by atoms with E-state index in [9.17, 15) is 14.0 Å². The first-order chi connectivity index (χ1) is 16.4. The first kappa shape index (κ1) is 23.3. The lowest BCUT2D eigenvalue weighted by Crippen LogP contribution is -2.23. The van der Waals surface area contributed by atoms with Gasteiger partial charge in [-0.15, -0.1) is 0 Å². The number of aliphatic imine (C=N–C) groups is 1. The zero-order valence-electron chi connectivity index (χ0n) is 18.5. The van der Waals surface area contributed by atoms with Crippen molar-refractivity contribution < 1.29 is 23.5 Å². The smallest absolute Gasteiger partial charge is 0.337 e. The van der Waals surface area contributed by atoms with Gasteiger partial charge >= 0.3 is 5.97 Å². The predicted molar refractivity (Wildman–Crippen MR) is 130 cm³/mol. The largest absolute Gasteiger partial charge is 0.489 e. The summed E-state index contributed by atoms with van der Waals surface area (Å²) in [4.78, 5) is 30.8. The molecular formula is C26H21FN2O4S. The molecule has 3 aromatic carbocycles. The van der Waals surface area contributed by atoms with Gasteiger partial charge in [-0.2, -0.15) is 0 Å². The van der Waals surface area contributed by atoms with Crippen molar-refractivity contribution in [2.24, 2.45) is 4.99 Å². The zero-order valence-corrected chi connectivity index (χ0v) is 19.3. The van der Waals surface area contributed by atoms with E-state index in [1.807, 2.05) is 12.1 Å². The molecule has 0 aromatic heterocycles. The summed E-state index contributed by atoms with van der Waals surface area (Å²) < 4.78 is 23.7. The summed E-state index contributed by atoms with van der Waals surface area (Å²) in [6.45, 7) is 0.262. The summed E-state index contributed by atoms with van der Waals surface area (Å²) in [6, 6.07) is 20.2. The Morgan fingerprint density at radius 2 is 1.82 bits per heavy atom. The molecule has 1 heterocycles. The van der Waals surface area contributed by atoms with E-state index < -0.39 is 5.97 Å². The number of amidine groups is 1. The molecule has 34 heavy (non-hydrogen) atoms. The SMILES string of the molecule is COC(=O)c1ccc(N=C2SC(=Cc3ccc(OCc4cccc(F)c4)cc3)C(=O)N2C)cc1. The van der Waals surface area contributed by atoms with Crippen molar-refractivity contribution in [3.05, 3.63) is 100 Å². The third kappa shape index (κ3) is 5.52. The summed E-state index contributed by atoms with van der Waals surface area (Å²) in [5.41, 5.74) is 2.63. The van der Waals surface area contributed by atoms with E-state index in [1.54, 1.807) is 61.7 Å². The molecule has 8 heteroatoms. The molecule has 0 N–H and O–H groups in total.